The first-order valence-corrected chi connectivity index (χ1v) is 7.10. The van der Waals surface area contributed by atoms with E-state index in [0.717, 1.165) is 32.1 Å². The topological polar surface area (TPSA) is 40.7 Å². The van der Waals surface area contributed by atoms with Crippen LogP contribution in [0.3, 0.4) is 0 Å². The average Bonchev–Trinajstić information content (AvgIpc) is 2.42. The molecular formula is C15H28F2O2. The second kappa shape index (κ2) is 7.34. The molecule has 2 saturated carbocycles. The molecule has 0 aromatic heterocycles. The molecule has 2 fully saturated rings. The number of hydrogen-bond donors (Lipinski definition) is 0. The second-order valence-electron chi connectivity index (χ2n) is 5.81. The van der Waals surface area contributed by atoms with Gasteiger partial charge in [0.1, 0.15) is 6.17 Å². The lowest BCUT2D eigenvalue weighted by atomic mass is 9.69. The van der Waals surface area contributed by atoms with E-state index < -0.39 is 18.4 Å². The fourth-order valence-electron chi connectivity index (χ4n) is 3.67. The Bertz CT molecular complexity index is 283. The van der Waals surface area contributed by atoms with E-state index in [2.05, 4.69) is 6.58 Å². The Morgan fingerprint density at radius 3 is 2.21 bits per heavy atom. The summed E-state index contributed by atoms with van der Waals surface area (Å²) in [7, 11) is 1.47. The maximum atomic E-state index is 14.2. The summed E-state index contributed by atoms with van der Waals surface area (Å²) in [5, 5.41) is 0. The lowest BCUT2D eigenvalue weighted by Gasteiger charge is -2.40. The number of alkyl halides is 2. The molecule has 2 rings (SSSR count). The number of halogens is 2. The fourth-order valence-corrected chi connectivity index (χ4v) is 3.67. The smallest absolute Gasteiger partial charge is 0.157 e. The highest BCUT2D eigenvalue weighted by atomic mass is 19.2. The van der Waals surface area contributed by atoms with Gasteiger partial charge in [-0.2, -0.15) is 0 Å². The van der Waals surface area contributed by atoms with Crippen molar-refractivity contribution in [3.8, 4) is 0 Å². The van der Waals surface area contributed by atoms with E-state index in [1.807, 2.05) is 6.08 Å². The molecule has 2 aliphatic carbocycles. The van der Waals surface area contributed by atoms with Gasteiger partial charge in [0.25, 0.3) is 0 Å². The van der Waals surface area contributed by atoms with Gasteiger partial charge >= 0.3 is 0 Å². The Labute approximate surface area is 116 Å². The van der Waals surface area contributed by atoms with E-state index in [9.17, 15) is 8.78 Å². The molecule has 4 atom stereocenters. The molecule has 4 heteroatoms. The van der Waals surface area contributed by atoms with Gasteiger partial charge in [-0.3, -0.25) is 0 Å². The van der Waals surface area contributed by atoms with Crippen LogP contribution in [0.2, 0.25) is 0 Å². The van der Waals surface area contributed by atoms with Crippen molar-refractivity contribution in [3.63, 3.8) is 0 Å². The number of rotatable bonds is 3. The maximum absolute atomic E-state index is 14.2. The highest BCUT2D eigenvalue weighted by Crippen LogP contribution is 2.42. The standard InChI is InChI=1S/C15H24F2O.H2O.H2/c1-3-10-4-6-11(7-5-10)12-8-9-13(18-2)15(17)14(12)16;;/h3,10-15H,1,4-9H2,2H3;1H2;1H. The Morgan fingerprint density at radius 2 is 1.68 bits per heavy atom. The predicted octanol–water partition coefficient (Wildman–Crippen LogP) is 3.50. The van der Waals surface area contributed by atoms with Gasteiger partial charge in [-0.05, 0) is 56.3 Å². The molecule has 0 aromatic carbocycles. The van der Waals surface area contributed by atoms with Gasteiger partial charge in [0, 0.05) is 8.54 Å². The minimum atomic E-state index is -1.44. The van der Waals surface area contributed by atoms with E-state index in [-0.39, 0.29) is 12.8 Å². The highest BCUT2D eigenvalue weighted by molar-refractivity contribution is 4.94. The van der Waals surface area contributed by atoms with Crippen LogP contribution in [-0.2, 0) is 4.74 Å². The van der Waals surface area contributed by atoms with E-state index in [4.69, 9.17) is 4.74 Å². The number of methoxy groups -OCH3 is 1. The number of hydrogen-bond acceptors (Lipinski definition) is 1. The van der Waals surface area contributed by atoms with E-state index in [0.29, 0.717) is 18.3 Å². The second-order valence-corrected chi connectivity index (χ2v) is 5.81. The van der Waals surface area contributed by atoms with Gasteiger partial charge in [0.05, 0.1) is 6.10 Å². The van der Waals surface area contributed by atoms with E-state index in [1.165, 1.54) is 7.11 Å². The van der Waals surface area contributed by atoms with Crippen molar-refractivity contribution < 1.29 is 20.4 Å². The molecule has 0 spiro atoms. The molecular weight excluding hydrogens is 250 g/mol. The molecule has 0 heterocycles. The Hall–Kier alpha value is -0.480. The third kappa shape index (κ3) is 3.54. The summed E-state index contributed by atoms with van der Waals surface area (Å²) in [4.78, 5) is 0. The van der Waals surface area contributed by atoms with Crippen molar-refractivity contribution in [1.82, 2.24) is 0 Å². The lowest BCUT2D eigenvalue weighted by Crippen LogP contribution is -2.45. The first-order valence-electron chi connectivity index (χ1n) is 7.10. The van der Waals surface area contributed by atoms with Crippen LogP contribution in [0.1, 0.15) is 40.0 Å². The van der Waals surface area contributed by atoms with Crippen LogP contribution in [0.15, 0.2) is 12.7 Å². The summed E-state index contributed by atoms with van der Waals surface area (Å²) < 4.78 is 33.1. The van der Waals surface area contributed by atoms with Crippen molar-refractivity contribution >= 4 is 0 Å². The van der Waals surface area contributed by atoms with Crippen LogP contribution >= 0.6 is 0 Å². The van der Waals surface area contributed by atoms with Gasteiger partial charge in [0.15, 0.2) is 6.17 Å². The summed E-state index contributed by atoms with van der Waals surface area (Å²) >= 11 is 0. The first kappa shape index (κ1) is 16.6. The molecule has 114 valence electrons. The zero-order chi connectivity index (χ0) is 13.1. The molecule has 0 amide bonds. The van der Waals surface area contributed by atoms with Crippen LogP contribution < -0.4 is 0 Å². The zero-order valence-electron chi connectivity index (χ0n) is 11.7. The molecule has 2 nitrogen and oxygen atoms in total. The first-order chi connectivity index (χ1) is 8.67. The summed E-state index contributed by atoms with van der Waals surface area (Å²) in [5.41, 5.74) is 0. The third-order valence-electron chi connectivity index (χ3n) is 4.91. The Kier molecular flexibility index (Phi) is 6.40. The highest BCUT2D eigenvalue weighted by Gasteiger charge is 2.44. The van der Waals surface area contributed by atoms with E-state index >= 15 is 0 Å². The Balaban J connectivity index is 0.00000180. The minimum Gasteiger partial charge on any atom is -0.412 e. The molecule has 19 heavy (non-hydrogen) atoms. The van der Waals surface area contributed by atoms with Crippen molar-refractivity contribution in [2.24, 2.45) is 17.8 Å². The molecule has 0 bridgehead atoms. The largest absolute Gasteiger partial charge is 0.412 e. The average molecular weight is 278 g/mol. The molecule has 0 aromatic rings. The number of allylic oxidation sites excluding steroid dienone is 1. The molecule has 0 saturated heterocycles. The van der Waals surface area contributed by atoms with Crippen molar-refractivity contribution in [3.05, 3.63) is 12.7 Å². The summed E-state index contributed by atoms with van der Waals surface area (Å²) in [6.45, 7) is 3.82. The number of ether oxygens (including phenoxy) is 1. The van der Waals surface area contributed by atoms with E-state index in [1.54, 1.807) is 0 Å². The minimum absolute atomic E-state index is 0. The SMILES string of the molecule is C=CC1CCC(C2CCC(OC)C(F)C2F)CC1.O.[HH]. The van der Waals surface area contributed by atoms with Crippen molar-refractivity contribution in [2.75, 3.05) is 7.11 Å². The third-order valence-corrected chi connectivity index (χ3v) is 4.91. The molecule has 0 aliphatic heterocycles. The van der Waals surface area contributed by atoms with Crippen LogP contribution in [0.5, 0.6) is 0 Å². The molecule has 2 aliphatic rings. The fraction of sp³-hybridized carbons (Fsp3) is 0.867. The summed E-state index contributed by atoms with van der Waals surface area (Å²) in [5.74, 6) is 0.834. The summed E-state index contributed by atoms with van der Waals surface area (Å²) in [6.07, 6.45) is 4.32. The molecule has 0 radical (unpaired) electrons. The lowest BCUT2D eigenvalue weighted by molar-refractivity contribution is -0.0714. The van der Waals surface area contributed by atoms with Gasteiger partial charge in [0.2, 0.25) is 0 Å². The monoisotopic (exact) mass is 278 g/mol. The van der Waals surface area contributed by atoms with Crippen molar-refractivity contribution in [2.45, 2.75) is 57.0 Å². The van der Waals surface area contributed by atoms with Gasteiger partial charge in [-0.15, -0.1) is 6.58 Å². The van der Waals surface area contributed by atoms with Crippen LogP contribution in [0, 0.1) is 17.8 Å². The normalized spacial score (nSPS) is 43.3. The van der Waals surface area contributed by atoms with Crippen LogP contribution in [-0.4, -0.2) is 31.0 Å². The molecule has 4 unspecified atom stereocenters. The zero-order valence-corrected chi connectivity index (χ0v) is 11.7. The predicted molar refractivity (Wildman–Crippen MR) is 74.7 cm³/mol. The van der Waals surface area contributed by atoms with Crippen LogP contribution in [0.4, 0.5) is 8.78 Å². The quantitative estimate of drug-likeness (QED) is 0.728. The van der Waals surface area contributed by atoms with Gasteiger partial charge in [-0.1, -0.05) is 6.08 Å². The Morgan fingerprint density at radius 1 is 1.05 bits per heavy atom. The summed E-state index contributed by atoms with van der Waals surface area (Å²) in [6, 6.07) is 0. The maximum Gasteiger partial charge on any atom is 0.157 e. The molecule has 2 N–H and O–H groups in total. The van der Waals surface area contributed by atoms with Gasteiger partial charge < -0.3 is 10.2 Å². The van der Waals surface area contributed by atoms with Crippen LogP contribution in [0.25, 0.3) is 0 Å². The van der Waals surface area contributed by atoms with Gasteiger partial charge in [-0.25, -0.2) is 8.78 Å². The van der Waals surface area contributed by atoms with Crippen molar-refractivity contribution in [1.29, 1.82) is 0 Å².